The first kappa shape index (κ1) is 24.8. The van der Waals surface area contributed by atoms with Crippen LogP contribution in [0, 0.1) is 17.8 Å². The highest BCUT2D eigenvalue weighted by Gasteiger charge is 2.30. The molecule has 3 N–H and O–H groups in total. The lowest BCUT2D eigenvalue weighted by Crippen LogP contribution is -2.34. The third-order valence-electron chi connectivity index (χ3n) is 6.99. The van der Waals surface area contributed by atoms with Crippen LogP contribution >= 0.6 is 0 Å². The number of nitrogens with one attached hydrogen (secondary N) is 2. The number of amides is 2. The molecule has 4 rings (SSSR count). The number of carboxylic acid groups (broad SMARTS) is 1. The maximum atomic E-state index is 12.3. The summed E-state index contributed by atoms with van der Waals surface area (Å²) in [5.41, 5.74) is 4.71. The normalized spacial score (nSPS) is 16.0. The Labute approximate surface area is 206 Å². The van der Waals surface area contributed by atoms with Gasteiger partial charge >= 0.3 is 12.1 Å². The molecule has 2 amide bonds. The number of carbonyl (C=O) groups excluding carboxylic acids is 2. The molecule has 0 aliphatic heterocycles. The summed E-state index contributed by atoms with van der Waals surface area (Å²) in [6, 6.07) is 16.4. The van der Waals surface area contributed by atoms with Gasteiger partial charge in [-0.1, -0.05) is 68.3 Å². The van der Waals surface area contributed by atoms with Crippen LogP contribution in [0.15, 0.2) is 48.5 Å². The predicted molar refractivity (Wildman–Crippen MR) is 133 cm³/mol. The van der Waals surface area contributed by atoms with E-state index in [1.165, 1.54) is 22.3 Å². The Morgan fingerprint density at radius 3 is 2.23 bits per heavy atom. The van der Waals surface area contributed by atoms with Crippen LogP contribution in [0.3, 0.4) is 0 Å². The number of benzene rings is 2. The molecular weight excluding hydrogens is 444 g/mol. The predicted octanol–water partition coefficient (Wildman–Crippen LogP) is 4.56. The molecule has 2 aromatic rings. The van der Waals surface area contributed by atoms with E-state index < -0.39 is 18.0 Å². The highest BCUT2D eigenvalue weighted by Crippen LogP contribution is 2.44. The van der Waals surface area contributed by atoms with Crippen molar-refractivity contribution in [1.29, 1.82) is 0 Å². The van der Waals surface area contributed by atoms with E-state index in [1.54, 1.807) is 0 Å². The average molecular weight is 479 g/mol. The fourth-order valence-corrected chi connectivity index (χ4v) is 4.83. The maximum Gasteiger partial charge on any atom is 0.407 e. The number of rotatable bonds is 12. The number of fused-ring (bicyclic) bond motifs is 3. The van der Waals surface area contributed by atoms with Crippen LogP contribution in [0.2, 0.25) is 0 Å². The minimum atomic E-state index is -0.849. The van der Waals surface area contributed by atoms with Crippen LogP contribution in [0.4, 0.5) is 4.79 Å². The lowest BCUT2D eigenvalue weighted by atomic mass is 9.98. The summed E-state index contributed by atoms with van der Waals surface area (Å²) in [4.78, 5) is 35.9. The smallest absolute Gasteiger partial charge is 0.407 e. The first-order valence-electron chi connectivity index (χ1n) is 12.5. The van der Waals surface area contributed by atoms with Gasteiger partial charge in [0.1, 0.15) is 6.61 Å². The van der Waals surface area contributed by atoms with Gasteiger partial charge in [-0.15, -0.1) is 0 Å². The van der Waals surface area contributed by atoms with E-state index in [9.17, 15) is 19.5 Å². The van der Waals surface area contributed by atoms with E-state index in [-0.39, 0.29) is 30.9 Å². The largest absolute Gasteiger partial charge is 0.481 e. The van der Waals surface area contributed by atoms with Crippen LogP contribution in [-0.2, 0) is 14.3 Å². The Hall–Kier alpha value is -3.35. The summed E-state index contributed by atoms with van der Waals surface area (Å²) in [5, 5.41) is 14.9. The summed E-state index contributed by atoms with van der Waals surface area (Å²) < 4.78 is 5.54. The van der Waals surface area contributed by atoms with Gasteiger partial charge in [-0.25, -0.2) is 4.79 Å². The second-order valence-electron chi connectivity index (χ2n) is 9.87. The van der Waals surface area contributed by atoms with Gasteiger partial charge in [0.15, 0.2) is 0 Å². The number of aliphatic carboxylic acids is 1. The zero-order valence-electron chi connectivity index (χ0n) is 20.2. The third kappa shape index (κ3) is 6.62. The Morgan fingerprint density at radius 2 is 1.63 bits per heavy atom. The van der Waals surface area contributed by atoms with E-state index >= 15 is 0 Å². The van der Waals surface area contributed by atoms with Crippen molar-refractivity contribution >= 4 is 18.0 Å². The molecule has 0 bridgehead atoms. The molecule has 2 aromatic carbocycles. The van der Waals surface area contributed by atoms with Gasteiger partial charge < -0.3 is 20.5 Å². The lowest BCUT2D eigenvalue weighted by molar-refractivity contribution is -0.142. The van der Waals surface area contributed by atoms with Gasteiger partial charge in [0.25, 0.3) is 0 Å². The van der Waals surface area contributed by atoms with E-state index in [4.69, 9.17) is 4.74 Å². The molecule has 2 unspecified atom stereocenters. The lowest BCUT2D eigenvalue weighted by Gasteiger charge is -2.16. The molecule has 0 aromatic heterocycles. The molecule has 1 saturated carbocycles. The highest BCUT2D eigenvalue weighted by molar-refractivity contribution is 5.79. The van der Waals surface area contributed by atoms with Crippen molar-refractivity contribution in [3.63, 3.8) is 0 Å². The van der Waals surface area contributed by atoms with E-state index in [2.05, 4.69) is 34.9 Å². The van der Waals surface area contributed by atoms with Crippen LogP contribution in [0.5, 0.6) is 0 Å². The number of alkyl carbamates (subject to hydrolysis) is 1. The molecule has 1 fully saturated rings. The van der Waals surface area contributed by atoms with Crippen LogP contribution in [0.25, 0.3) is 11.1 Å². The molecule has 0 spiro atoms. The van der Waals surface area contributed by atoms with Gasteiger partial charge in [-0.2, -0.15) is 0 Å². The molecule has 0 radical (unpaired) electrons. The number of carboxylic acids is 1. The highest BCUT2D eigenvalue weighted by atomic mass is 16.5. The minimum Gasteiger partial charge on any atom is -0.481 e. The molecule has 7 nitrogen and oxygen atoms in total. The zero-order chi connectivity index (χ0) is 24.8. The maximum absolute atomic E-state index is 12.3. The average Bonchev–Trinajstić information content (AvgIpc) is 3.61. The number of ether oxygens (including phenoxy) is 1. The molecule has 35 heavy (non-hydrogen) atoms. The van der Waals surface area contributed by atoms with Crippen LogP contribution in [0.1, 0.15) is 56.1 Å². The summed E-state index contributed by atoms with van der Waals surface area (Å²) in [6.45, 7) is 2.79. The van der Waals surface area contributed by atoms with Gasteiger partial charge in [-0.3, -0.25) is 9.59 Å². The minimum absolute atomic E-state index is 0.0188. The van der Waals surface area contributed by atoms with Crippen molar-refractivity contribution in [3.8, 4) is 11.1 Å². The SMILES string of the molecule is CC(CCNC(=O)OCC1c2ccccc2-c2ccccc21)CC(=O)NCC(CC1CC1)C(=O)O. The molecule has 2 aliphatic carbocycles. The first-order valence-corrected chi connectivity index (χ1v) is 12.5. The van der Waals surface area contributed by atoms with Gasteiger partial charge in [0, 0.05) is 25.4 Å². The monoisotopic (exact) mass is 478 g/mol. The standard InChI is InChI=1S/C28H34N2O5/c1-18(14-26(31)30-16-20(27(32)33)15-19-10-11-19)12-13-29-28(34)35-17-25-23-8-4-2-6-21(23)22-7-3-5-9-24(22)25/h2-9,18-20,25H,10-17H2,1H3,(H,29,34)(H,30,31)(H,32,33). The van der Waals surface area contributed by atoms with Crippen molar-refractivity contribution in [2.45, 2.75) is 44.9 Å². The number of hydrogen-bond acceptors (Lipinski definition) is 4. The summed E-state index contributed by atoms with van der Waals surface area (Å²) in [6.07, 6.45) is 3.27. The van der Waals surface area contributed by atoms with Gasteiger partial charge in [-0.05, 0) is 46.9 Å². The van der Waals surface area contributed by atoms with E-state index in [0.29, 0.717) is 31.7 Å². The number of carbonyl (C=O) groups is 3. The Kier molecular flexibility index (Phi) is 8.06. The number of hydrogen-bond donors (Lipinski definition) is 3. The second kappa shape index (κ2) is 11.4. The van der Waals surface area contributed by atoms with Crippen molar-refractivity contribution in [3.05, 3.63) is 59.7 Å². The zero-order valence-corrected chi connectivity index (χ0v) is 20.2. The second-order valence-corrected chi connectivity index (χ2v) is 9.87. The molecule has 7 heteroatoms. The third-order valence-corrected chi connectivity index (χ3v) is 6.99. The Bertz CT molecular complexity index is 1020. The van der Waals surface area contributed by atoms with Crippen LogP contribution in [-0.4, -0.2) is 42.8 Å². The van der Waals surface area contributed by atoms with Crippen LogP contribution < -0.4 is 10.6 Å². The van der Waals surface area contributed by atoms with Crippen molar-refractivity contribution in [1.82, 2.24) is 10.6 Å². The molecule has 0 saturated heterocycles. The fraction of sp³-hybridized carbons (Fsp3) is 0.464. The topological polar surface area (TPSA) is 105 Å². The van der Waals surface area contributed by atoms with Crippen molar-refractivity contribution in [2.24, 2.45) is 17.8 Å². The Morgan fingerprint density at radius 1 is 1.00 bits per heavy atom. The summed E-state index contributed by atoms with van der Waals surface area (Å²) in [7, 11) is 0. The van der Waals surface area contributed by atoms with E-state index in [0.717, 1.165) is 12.8 Å². The first-order chi connectivity index (χ1) is 16.9. The molecule has 186 valence electrons. The quantitative estimate of drug-likeness (QED) is 0.415. The van der Waals surface area contributed by atoms with Crippen molar-refractivity contribution in [2.75, 3.05) is 19.7 Å². The fourth-order valence-electron chi connectivity index (χ4n) is 4.83. The summed E-state index contributed by atoms with van der Waals surface area (Å²) in [5.74, 6) is -0.952. The van der Waals surface area contributed by atoms with Crippen molar-refractivity contribution < 1.29 is 24.2 Å². The molecule has 0 heterocycles. The molecule has 2 atom stereocenters. The van der Waals surface area contributed by atoms with Gasteiger partial charge in [0.2, 0.25) is 5.91 Å². The molecular formula is C28H34N2O5. The Balaban J connectivity index is 1.15. The molecule has 2 aliphatic rings. The summed E-state index contributed by atoms with van der Waals surface area (Å²) >= 11 is 0. The van der Waals surface area contributed by atoms with E-state index in [1.807, 2.05) is 31.2 Å². The van der Waals surface area contributed by atoms with Gasteiger partial charge in [0.05, 0.1) is 5.92 Å².